The smallest absolute Gasteiger partial charge is 0.326 e. The molecule has 8 nitrogen and oxygen atoms in total. The van der Waals surface area contributed by atoms with Crippen molar-refractivity contribution in [1.82, 2.24) is 4.57 Å². The first-order valence-electron chi connectivity index (χ1n) is 11.1. The molecular formula is C25H22N2O6S2. The van der Waals surface area contributed by atoms with Crippen molar-refractivity contribution in [2.24, 2.45) is 5.92 Å². The van der Waals surface area contributed by atoms with Crippen molar-refractivity contribution < 1.29 is 23.9 Å². The lowest BCUT2D eigenvalue weighted by Crippen LogP contribution is -2.32. The number of aromatic nitrogens is 1. The number of thioether (sulfide) groups is 1. The summed E-state index contributed by atoms with van der Waals surface area (Å²) >= 11 is 2.18. The van der Waals surface area contributed by atoms with Crippen LogP contribution in [0.3, 0.4) is 0 Å². The maximum atomic E-state index is 13.7. The van der Waals surface area contributed by atoms with Crippen LogP contribution in [0.25, 0.3) is 0 Å². The molecule has 5 rings (SSSR count). The summed E-state index contributed by atoms with van der Waals surface area (Å²) in [4.78, 5) is 54.1. The minimum atomic E-state index is -0.732. The summed E-state index contributed by atoms with van der Waals surface area (Å²) in [5.74, 6) is -1.72. The number of fused-ring (bicyclic) bond motifs is 2. The number of carbonyl (C=O) groups excluding carboxylic acids is 3. The van der Waals surface area contributed by atoms with Crippen molar-refractivity contribution in [3.63, 3.8) is 0 Å². The van der Waals surface area contributed by atoms with Gasteiger partial charge in [-0.25, -0.2) is 4.90 Å². The molecule has 1 fully saturated rings. The quantitative estimate of drug-likeness (QED) is 0.371. The Morgan fingerprint density at radius 2 is 1.71 bits per heavy atom. The van der Waals surface area contributed by atoms with Gasteiger partial charge < -0.3 is 9.47 Å². The molecule has 1 saturated heterocycles. The normalized spacial score (nSPS) is 21.0. The van der Waals surface area contributed by atoms with Crippen molar-refractivity contribution in [3.8, 4) is 5.75 Å². The number of amides is 2. The summed E-state index contributed by atoms with van der Waals surface area (Å²) in [5, 5.41) is -0.198. The van der Waals surface area contributed by atoms with Gasteiger partial charge >= 0.3 is 10.8 Å². The molecule has 0 bridgehead atoms. The molecule has 10 heteroatoms. The summed E-state index contributed by atoms with van der Waals surface area (Å²) in [6.07, 6.45) is 0. The number of thiazole rings is 1. The summed E-state index contributed by atoms with van der Waals surface area (Å²) in [6.45, 7) is 1.65. The van der Waals surface area contributed by atoms with Gasteiger partial charge in [0.05, 0.1) is 30.3 Å². The average molecular weight is 511 g/mol. The fourth-order valence-corrected chi connectivity index (χ4v) is 7.37. The number of hydrogen-bond acceptors (Lipinski definition) is 8. The fraction of sp³-hybridized carbons (Fsp3) is 0.280. The largest absolute Gasteiger partial charge is 0.497 e. The van der Waals surface area contributed by atoms with Crippen molar-refractivity contribution in [2.45, 2.75) is 29.7 Å². The van der Waals surface area contributed by atoms with E-state index in [1.165, 1.54) is 21.2 Å². The molecule has 0 saturated carbocycles. The van der Waals surface area contributed by atoms with Crippen LogP contribution >= 0.6 is 23.1 Å². The molecule has 0 radical (unpaired) electrons. The molecular weight excluding hydrogens is 488 g/mol. The molecule has 2 aromatic carbocycles. The second kappa shape index (κ2) is 9.35. The molecule has 180 valence electrons. The molecule has 3 aromatic rings. The summed E-state index contributed by atoms with van der Waals surface area (Å²) in [6, 6.07) is 16.1. The van der Waals surface area contributed by atoms with E-state index in [4.69, 9.17) is 9.47 Å². The monoisotopic (exact) mass is 510 g/mol. The average Bonchev–Trinajstić information content (AvgIpc) is 3.31. The van der Waals surface area contributed by atoms with Crippen LogP contribution in [0.5, 0.6) is 5.75 Å². The van der Waals surface area contributed by atoms with Crippen LogP contribution in [0.4, 0.5) is 5.69 Å². The molecule has 2 aliphatic heterocycles. The van der Waals surface area contributed by atoms with E-state index in [9.17, 15) is 19.2 Å². The molecule has 3 atom stereocenters. The van der Waals surface area contributed by atoms with E-state index in [1.807, 2.05) is 18.2 Å². The number of hydrogen-bond donors (Lipinski definition) is 0. The molecule has 0 N–H and O–H groups in total. The summed E-state index contributed by atoms with van der Waals surface area (Å²) in [7, 11) is 1.57. The zero-order valence-corrected chi connectivity index (χ0v) is 20.6. The van der Waals surface area contributed by atoms with Gasteiger partial charge in [0, 0.05) is 10.8 Å². The van der Waals surface area contributed by atoms with Crippen LogP contribution in [0, 0.1) is 5.92 Å². The highest BCUT2D eigenvalue weighted by Crippen LogP contribution is 2.53. The number of imide groups is 1. The molecule has 35 heavy (non-hydrogen) atoms. The van der Waals surface area contributed by atoms with Crippen LogP contribution in [-0.4, -0.2) is 41.3 Å². The maximum absolute atomic E-state index is 13.7. The number of esters is 1. The molecule has 1 aromatic heterocycles. The SMILES string of the molecule is CCOC(=O)Cn1c2c(sc1=O)[C@@H](c1ccc(OC)cc1)[C@@H]1C(=O)N(c3ccccc3)C(=O)[C@@H]1S2. The highest BCUT2D eigenvalue weighted by Gasteiger charge is 2.56. The second-order valence-electron chi connectivity index (χ2n) is 8.09. The van der Waals surface area contributed by atoms with Crippen LogP contribution in [0.15, 0.2) is 64.4 Å². The fourth-order valence-electron chi connectivity index (χ4n) is 4.59. The van der Waals surface area contributed by atoms with E-state index in [-0.39, 0.29) is 29.8 Å². The van der Waals surface area contributed by atoms with Gasteiger partial charge in [0.2, 0.25) is 11.8 Å². The lowest BCUT2D eigenvalue weighted by Gasteiger charge is -2.30. The highest BCUT2D eigenvalue weighted by molar-refractivity contribution is 8.00. The number of nitrogens with zero attached hydrogens (tertiary/aromatic N) is 2. The first-order chi connectivity index (χ1) is 16.9. The van der Waals surface area contributed by atoms with E-state index >= 15 is 0 Å². The van der Waals surface area contributed by atoms with Gasteiger partial charge in [-0.3, -0.25) is 23.7 Å². The van der Waals surface area contributed by atoms with E-state index in [1.54, 1.807) is 50.4 Å². The predicted molar refractivity (Wildman–Crippen MR) is 132 cm³/mol. The number of ether oxygens (including phenoxy) is 2. The number of carbonyl (C=O) groups is 3. The second-order valence-corrected chi connectivity index (χ2v) is 10.2. The van der Waals surface area contributed by atoms with E-state index in [0.29, 0.717) is 21.3 Å². The van der Waals surface area contributed by atoms with Crippen LogP contribution in [-0.2, 0) is 25.7 Å². The maximum Gasteiger partial charge on any atom is 0.326 e. The lowest BCUT2D eigenvalue weighted by atomic mass is 9.83. The van der Waals surface area contributed by atoms with Gasteiger partial charge in [0.15, 0.2) is 0 Å². The molecule has 3 heterocycles. The number of rotatable bonds is 6. The van der Waals surface area contributed by atoms with Gasteiger partial charge in [0.1, 0.15) is 17.5 Å². The van der Waals surface area contributed by atoms with Crippen LogP contribution < -0.4 is 14.5 Å². The topological polar surface area (TPSA) is 94.9 Å². The number of benzene rings is 2. The lowest BCUT2D eigenvalue weighted by molar-refractivity contribution is -0.144. The first-order valence-corrected chi connectivity index (χ1v) is 12.8. The van der Waals surface area contributed by atoms with Crippen molar-refractivity contribution >= 4 is 46.6 Å². The zero-order chi connectivity index (χ0) is 24.7. The Bertz CT molecular complexity index is 1350. The van der Waals surface area contributed by atoms with E-state index < -0.39 is 23.1 Å². The summed E-state index contributed by atoms with van der Waals surface area (Å²) < 4.78 is 11.7. The Morgan fingerprint density at radius 3 is 2.37 bits per heavy atom. The minimum Gasteiger partial charge on any atom is -0.497 e. The molecule has 2 aliphatic rings. The molecule has 0 unspecified atom stereocenters. The number of methoxy groups -OCH3 is 1. The van der Waals surface area contributed by atoms with Crippen molar-refractivity contribution in [3.05, 3.63) is 74.7 Å². The van der Waals surface area contributed by atoms with E-state index in [2.05, 4.69) is 0 Å². The third-order valence-corrected chi connectivity index (χ3v) is 8.73. The van der Waals surface area contributed by atoms with Gasteiger partial charge in [-0.1, -0.05) is 53.4 Å². The van der Waals surface area contributed by atoms with Gasteiger partial charge in [0.25, 0.3) is 0 Å². The van der Waals surface area contributed by atoms with Gasteiger partial charge in [-0.2, -0.15) is 0 Å². The van der Waals surface area contributed by atoms with Crippen molar-refractivity contribution in [1.29, 1.82) is 0 Å². The Balaban J connectivity index is 1.64. The Labute approximate surface area is 209 Å². The third-order valence-electron chi connectivity index (χ3n) is 6.13. The summed E-state index contributed by atoms with van der Waals surface area (Å²) in [5.41, 5.74) is 1.31. The Hall–Kier alpha value is -3.37. The molecule has 0 spiro atoms. The molecule has 0 aliphatic carbocycles. The number of para-hydroxylation sites is 1. The van der Waals surface area contributed by atoms with Crippen LogP contribution in [0.1, 0.15) is 23.3 Å². The Morgan fingerprint density at radius 1 is 1.00 bits per heavy atom. The molecule has 2 amide bonds. The third kappa shape index (κ3) is 3.96. The first kappa shape index (κ1) is 23.4. The minimum absolute atomic E-state index is 0.200. The van der Waals surface area contributed by atoms with Gasteiger partial charge in [-0.15, -0.1) is 0 Å². The highest BCUT2D eigenvalue weighted by atomic mass is 32.2. The standard InChI is InChI=1S/C25H22N2O6S2/c1-3-33-17(28)13-26-24-21(35-25(26)31)18(14-9-11-16(32-2)12-10-14)19-20(34-24)23(30)27(22(19)29)15-7-5-4-6-8-15/h4-12,18-20H,3,13H2,1-2H3/t18-,19-,20+/m0/s1. The zero-order valence-electron chi connectivity index (χ0n) is 19.0. The predicted octanol–water partition coefficient (Wildman–Crippen LogP) is 3.28. The van der Waals surface area contributed by atoms with Crippen molar-refractivity contribution in [2.75, 3.05) is 18.6 Å². The van der Waals surface area contributed by atoms with Gasteiger partial charge in [-0.05, 0) is 36.8 Å². The van der Waals surface area contributed by atoms with E-state index in [0.717, 1.165) is 16.9 Å². The number of anilines is 1. The Kier molecular flexibility index (Phi) is 6.24. The van der Waals surface area contributed by atoms with Crippen LogP contribution in [0.2, 0.25) is 0 Å².